The van der Waals surface area contributed by atoms with Crippen LogP contribution in [0.15, 0.2) is 24.4 Å². The van der Waals surface area contributed by atoms with Gasteiger partial charge in [-0.2, -0.15) is 5.10 Å². The van der Waals surface area contributed by atoms with Gasteiger partial charge >= 0.3 is 0 Å². The molecule has 1 fully saturated rings. The van der Waals surface area contributed by atoms with Gasteiger partial charge in [0.05, 0.1) is 25.1 Å². The van der Waals surface area contributed by atoms with Gasteiger partial charge in [0, 0.05) is 43.3 Å². The topological polar surface area (TPSA) is 71.6 Å². The average molecular weight is 344 g/mol. The van der Waals surface area contributed by atoms with Crippen LogP contribution in [-0.4, -0.2) is 60.8 Å². The molecule has 1 atom stereocenters. The van der Waals surface area contributed by atoms with E-state index in [4.69, 9.17) is 14.2 Å². The predicted molar refractivity (Wildman–Crippen MR) is 93.7 cm³/mol. The van der Waals surface area contributed by atoms with Crippen molar-refractivity contribution in [2.75, 3.05) is 39.6 Å². The van der Waals surface area contributed by atoms with Crippen molar-refractivity contribution >= 4 is 0 Å². The van der Waals surface area contributed by atoms with E-state index in [1.807, 2.05) is 24.4 Å². The van der Waals surface area contributed by atoms with Crippen molar-refractivity contribution in [3.05, 3.63) is 30.0 Å². The first-order valence-electron chi connectivity index (χ1n) is 8.76. The predicted octanol–water partition coefficient (Wildman–Crippen LogP) is 1.62. The number of nitrogens with one attached hydrogen (secondary N) is 2. The maximum Gasteiger partial charge on any atom is 0.231 e. The molecule has 0 bridgehead atoms. The second-order valence-corrected chi connectivity index (χ2v) is 6.47. The Morgan fingerprint density at radius 2 is 2.08 bits per heavy atom. The molecule has 4 rings (SSSR count). The molecule has 1 saturated heterocycles. The van der Waals surface area contributed by atoms with Gasteiger partial charge in [-0.3, -0.25) is 10.00 Å². The van der Waals surface area contributed by atoms with Crippen molar-refractivity contribution in [2.24, 2.45) is 0 Å². The van der Waals surface area contributed by atoms with E-state index in [-0.39, 0.29) is 6.79 Å². The van der Waals surface area contributed by atoms with Gasteiger partial charge < -0.3 is 19.5 Å². The molecule has 0 amide bonds. The number of hydrogen-bond donors (Lipinski definition) is 2. The molecular weight excluding hydrogens is 320 g/mol. The molecule has 0 unspecified atom stereocenters. The Morgan fingerprint density at radius 1 is 1.24 bits per heavy atom. The molecule has 1 aromatic carbocycles. The van der Waals surface area contributed by atoms with Gasteiger partial charge in [0.1, 0.15) is 0 Å². The van der Waals surface area contributed by atoms with Gasteiger partial charge in [0.25, 0.3) is 0 Å². The van der Waals surface area contributed by atoms with E-state index >= 15 is 0 Å². The summed E-state index contributed by atoms with van der Waals surface area (Å²) in [4.78, 5) is 2.46. The van der Waals surface area contributed by atoms with Crippen LogP contribution in [-0.2, 0) is 11.3 Å². The van der Waals surface area contributed by atoms with Gasteiger partial charge in [-0.1, -0.05) is 0 Å². The van der Waals surface area contributed by atoms with Crippen molar-refractivity contribution < 1.29 is 14.2 Å². The fourth-order valence-electron chi connectivity index (χ4n) is 3.31. The summed E-state index contributed by atoms with van der Waals surface area (Å²) in [7, 11) is 0. The van der Waals surface area contributed by atoms with Crippen LogP contribution in [0.25, 0.3) is 11.3 Å². The quantitative estimate of drug-likeness (QED) is 0.830. The molecule has 3 heterocycles. The summed E-state index contributed by atoms with van der Waals surface area (Å²) < 4.78 is 16.3. The molecule has 7 nitrogen and oxygen atoms in total. The van der Waals surface area contributed by atoms with E-state index in [9.17, 15) is 0 Å². The van der Waals surface area contributed by atoms with E-state index in [1.54, 1.807) is 0 Å². The number of fused-ring (bicyclic) bond motifs is 1. The maximum atomic E-state index is 5.47. The molecule has 7 heteroatoms. The van der Waals surface area contributed by atoms with Crippen LogP contribution in [0.1, 0.15) is 12.5 Å². The van der Waals surface area contributed by atoms with Crippen molar-refractivity contribution in [1.29, 1.82) is 0 Å². The molecule has 2 N–H and O–H groups in total. The minimum Gasteiger partial charge on any atom is -0.454 e. The average Bonchev–Trinajstić information content (AvgIpc) is 3.30. The summed E-state index contributed by atoms with van der Waals surface area (Å²) in [5, 5.41) is 10.9. The highest BCUT2D eigenvalue weighted by molar-refractivity contribution is 5.66. The number of aromatic amines is 1. The lowest BCUT2D eigenvalue weighted by Crippen LogP contribution is -2.46. The summed E-state index contributed by atoms with van der Waals surface area (Å²) in [5.74, 6) is 1.58. The monoisotopic (exact) mass is 344 g/mol. The zero-order valence-corrected chi connectivity index (χ0v) is 14.5. The largest absolute Gasteiger partial charge is 0.454 e. The number of benzene rings is 1. The van der Waals surface area contributed by atoms with Crippen molar-refractivity contribution in [2.45, 2.75) is 19.5 Å². The normalized spacial score (nSPS) is 18.4. The lowest BCUT2D eigenvalue weighted by molar-refractivity contribution is 0.0203. The Labute approximate surface area is 147 Å². The van der Waals surface area contributed by atoms with Crippen molar-refractivity contribution in [3.8, 4) is 22.8 Å². The standard InChI is InChI=1S/C18H24N4O3/c1-13(22-4-6-23-7-5-22)9-19-10-15-11-20-21-18(15)14-2-3-16-17(8-14)25-12-24-16/h2-3,8,11,13,19H,4-7,9-10,12H2,1H3,(H,20,21)/t13-/m0/s1. The van der Waals surface area contributed by atoms with E-state index < -0.39 is 0 Å². The van der Waals surface area contributed by atoms with Gasteiger partial charge in [-0.25, -0.2) is 0 Å². The molecule has 2 aromatic rings. The first-order chi connectivity index (χ1) is 12.3. The molecule has 25 heavy (non-hydrogen) atoms. The Morgan fingerprint density at radius 3 is 2.96 bits per heavy atom. The third-order valence-electron chi connectivity index (χ3n) is 4.80. The van der Waals surface area contributed by atoms with E-state index in [0.717, 1.165) is 67.7 Å². The van der Waals surface area contributed by atoms with Crippen molar-refractivity contribution in [1.82, 2.24) is 20.4 Å². The highest BCUT2D eigenvalue weighted by Gasteiger charge is 2.18. The molecule has 1 aromatic heterocycles. The summed E-state index contributed by atoms with van der Waals surface area (Å²) >= 11 is 0. The van der Waals surface area contributed by atoms with Crippen LogP contribution in [0.3, 0.4) is 0 Å². The van der Waals surface area contributed by atoms with Crippen molar-refractivity contribution in [3.63, 3.8) is 0 Å². The smallest absolute Gasteiger partial charge is 0.231 e. The third kappa shape index (κ3) is 3.63. The molecular formula is C18H24N4O3. The first kappa shape index (κ1) is 16.4. The SMILES string of the molecule is C[C@@H](CNCc1cn[nH]c1-c1ccc2c(c1)OCO2)N1CCOCC1. The highest BCUT2D eigenvalue weighted by Crippen LogP contribution is 2.36. The maximum absolute atomic E-state index is 5.47. The Bertz CT molecular complexity index is 712. The minimum absolute atomic E-state index is 0.287. The van der Waals surface area contributed by atoms with Gasteiger partial charge in [-0.05, 0) is 25.1 Å². The second kappa shape index (κ2) is 7.43. The summed E-state index contributed by atoms with van der Waals surface area (Å²) in [6.07, 6.45) is 1.88. The van der Waals surface area contributed by atoms with Gasteiger partial charge in [0.15, 0.2) is 11.5 Å². The summed E-state index contributed by atoms with van der Waals surface area (Å²) in [6.45, 7) is 7.94. The Hall–Kier alpha value is -2.09. The van der Waals surface area contributed by atoms with Crippen LogP contribution >= 0.6 is 0 Å². The highest BCUT2D eigenvalue weighted by atomic mass is 16.7. The fourth-order valence-corrected chi connectivity index (χ4v) is 3.31. The zero-order chi connectivity index (χ0) is 17.1. The van der Waals surface area contributed by atoms with Gasteiger partial charge in [0.2, 0.25) is 6.79 Å². The summed E-state index contributed by atoms with van der Waals surface area (Å²) in [6, 6.07) is 6.46. The van der Waals surface area contributed by atoms with E-state index in [0.29, 0.717) is 6.04 Å². The Balaban J connectivity index is 1.37. The molecule has 0 radical (unpaired) electrons. The molecule has 2 aliphatic rings. The Kier molecular flexibility index (Phi) is 4.87. The number of ether oxygens (including phenoxy) is 3. The van der Waals surface area contributed by atoms with Crippen LogP contribution < -0.4 is 14.8 Å². The van der Waals surface area contributed by atoms with Crippen LogP contribution in [0, 0.1) is 0 Å². The number of morpholine rings is 1. The number of nitrogens with zero attached hydrogens (tertiary/aromatic N) is 2. The number of rotatable bonds is 6. The van der Waals surface area contributed by atoms with Crippen LogP contribution in [0.5, 0.6) is 11.5 Å². The molecule has 134 valence electrons. The number of aromatic nitrogens is 2. The lowest BCUT2D eigenvalue weighted by atomic mass is 10.1. The molecule has 2 aliphatic heterocycles. The minimum atomic E-state index is 0.287. The number of hydrogen-bond acceptors (Lipinski definition) is 6. The molecule has 0 saturated carbocycles. The zero-order valence-electron chi connectivity index (χ0n) is 14.5. The molecule has 0 spiro atoms. The van der Waals surface area contributed by atoms with Gasteiger partial charge in [-0.15, -0.1) is 0 Å². The first-order valence-corrected chi connectivity index (χ1v) is 8.76. The summed E-state index contributed by atoms with van der Waals surface area (Å²) in [5.41, 5.74) is 3.22. The van der Waals surface area contributed by atoms with E-state index in [2.05, 4.69) is 27.3 Å². The number of H-pyrrole nitrogens is 1. The van der Waals surface area contributed by atoms with Crippen LogP contribution in [0.2, 0.25) is 0 Å². The van der Waals surface area contributed by atoms with E-state index in [1.165, 1.54) is 0 Å². The lowest BCUT2D eigenvalue weighted by Gasteiger charge is -2.32. The third-order valence-corrected chi connectivity index (χ3v) is 4.80. The van der Waals surface area contributed by atoms with Crippen LogP contribution in [0.4, 0.5) is 0 Å². The second-order valence-electron chi connectivity index (χ2n) is 6.47. The molecule has 0 aliphatic carbocycles. The fraction of sp³-hybridized carbons (Fsp3) is 0.500.